The van der Waals surface area contributed by atoms with Crippen molar-refractivity contribution in [1.29, 1.82) is 0 Å². The van der Waals surface area contributed by atoms with Gasteiger partial charge in [-0.25, -0.2) is 0 Å². The van der Waals surface area contributed by atoms with Crippen molar-refractivity contribution in [3.63, 3.8) is 0 Å². The van der Waals surface area contributed by atoms with Crippen molar-refractivity contribution < 1.29 is 9.21 Å². The Hall–Kier alpha value is -2.30. The minimum atomic E-state index is -0.311. The standard InChI is InChI=1S/C19H11BrClNO2/c20-15-7-6-12(9-16(15)21)22-19(23)18-10-14-13-4-2-1-3-11(13)5-8-17(14)24-18/h1-10H,(H,22,23). The molecule has 0 unspecified atom stereocenters. The maximum absolute atomic E-state index is 12.5. The third-order valence-corrected chi connectivity index (χ3v) is 5.06. The topological polar surface area (TPSA) is 42.2 Å². The lowest BCUT2D eigenvalue weighted by atomic mass is 10.1. The summed E-state index contributed by atoms with van der Waals surface area (Å²) in [5.41, 5.74) is 1.30. The summed E-state index contributed by atoms with van der Waals surface area (Å²) in [5, 5.41) is 6.42. The zero-order valence-corrected chi connectivity index (χ0v) is 14.7. The van der Waals surface area contributed by atoms with Gasteiger partial charge in [0, 0.05) is 15.5 Å². The highest BCUT2D eigenvalue weighted by molar-refractivity contribution is 9.10. The maximum Gasteiger partial charge on any atom is 0.291 e. The third-order valence-electron chi connectivity index (χ3n) is 3.83. The van der Waals surface area contributed by atoms with Gasteiger partial charge in [-0.1, -0.05) is 41.9 Å². The van der Waals surface area contributed by atoms with Gasteiger partial charge in [0.1, 0.15) is 5.58 Å². The predicted molar refractivity (Wildman–Crippen MR) is 101 cm³/mol. The molecular weight excluding hydrogens is 390 g/mol. The van der Waals surface area contributed by atoms with Crippen LogP contribution in [0.4, 0.5) is 5.69 Å². The third kappa shape index (κ3) is 2.68. The van der Waals surface area contributed by atoms with E-state index in [4.69, 9.17) is 16.0 Å². The van der Waals surface area contributed by atoms with E-state index < -0.39 is 0 Å². The molecule has 0 fully saturated rings. The van der Waals surface area contributed by atoms with E-state index in [2.05, 4.69) is 21.2 Å². The van der Waals surface area contributed by atoms with Crippen LogP contribution in [0, 0.1) is 0 Å². The number of furan rings is 1. The highest BCUT2D eigenvalue weighted by atomic mass is 79.9. The van der Waals surface area contributed by atoms with Gasteiger partial charge in [0.05, 0.1) is 5.02 Å². The van der Waals surface area contributed by atoms with Crippen molar-refractivity contribution in [3.8, 4) is 0 Å². The van der Waals surface area contributed by atoms with Crippen LogP contribution in [-0.2, 0) is 0 Å². The lowest BCUT2D eigenvalue weighted by Crippen LogP contribution is -2.10. The van der Waals surface area contributed by atoms with E-state index in [0.29, 0.717) is 16.3 Å². The zero-order chi connectivity index (χ0) is 16.7. The Labute approximate surface area is 151 Å². The summed E-state index contributed by atoms with van der Waals surface area (Å²) >= 11 is 9.37. The van der Waals surface area contributed by atoms with Crippen LogP contribution in [0.5, 0.6) is 0 Å². The summed E-state index contributed by atoms with van der Waals surface area (Å²) in [4.78, 5) is 12.5. The SMILES string of the molecule is O=C(Nc1ccc(Br)c(Cl)c1)c1cc2c(ccc3ccccc32)o1. The molecule has 0 atom stereocenters. The smallest absolute Gasteiger partial charge is 0.291 e. The van der Waals surface area contributed by atoms with Crippen molar-refractivity contribution in [3.05, 3.63) is 75.9 Å². The first-order valence-electron chi connectivity index (χ1n) is 7.29. The Bertz CT molecular complexity index is 1090. The summed E-state index contributed by atoms with van der Waals surface area (Å²) in [5.74, 6) is -0.0472. The highest BCUT2D eigenvalue weighted by Gasteiger charge is 2.14. The van der Waals surface area contributed by atoms with Gasteiger partial charge in [0.25, 0.3) is 5.91 Å². The molecule has 0 bridgehead atoms. The first kappa shape index (κ1) is 15.2. The number of halogens is 2. The van der Waals surface area contributed by atoms with E-state index in [0.717, 1.165) is 20.6 Å². The normalized spacial score (nSPS) is 11.1. The number of carbonyl (C=O) groups is 1. The maximum atomic E-state index is 12.5. The lowest BCUT2D eigenvalue weighted by Gasteiger charge is -2.04. The first-order valence-corrected chi connectivity index (χ1v) is 8.46. The number of fused-ring (bicyclic) bond motifs is 3. The van der Waals surface area contributed by atoms with Crippen molar-refractivity contribution >= 4 is 60.9 Å². The molecule has 118 valence electrons. The Morgan fingerprint density at radius 1 is 1.00 bits per heavy atom. The lowest BCUT2D eigenvalue weighted by molar-refractivity contribution is 0.0998. The quantitative estimate of drug-likeness (QED) is 0.432. The largest absolute Gasteiger partial charge is 0.451 e. The summed E-state index contributed by atoms with van der Waals surface area (Å²) in [7, 11) is 0. The van der Waals surface area contributed by atoms with Crippen LogP contribution in [-0.4, -0.2) is 5.91 Å². The van der Waals surface area contributed by atoms with Gasteiger partial charge in [0.2, 0.25) is 0 Å². The Morgan fingerprint density at radius 2 is 1.83 bits per heavy atom. The van der Waals surface area contributed by atoms with Crippen LogP contribution in [0.2, 0.25) is 5.02 Å². The van der Waals surface area contributed by atoms with E-state index in [1.807, 2.05) is 36.4 Å². The summed E-state index contributed by atoms with van der Waals surface area (Å²) in [6.45, 7) is 0. The molecule has 1 amide bonds. The minimum absolute atomic E-state index is 0.264. The molecule has 0 spiro atoms. The van der Waals surface area contributed by atoms with Gasteiger partial charge in [-0.3, -0.25) is 4.79 Å². The molecular formula is C19H11BrClNO2. The fourth-order valence-corrected chi connectivity index (χ4v) is 3.10. The molecule has 4 rings (SSSR count). The fraction of sp³-hybridized carbons (Fsp3) is 0. The number of benzene rings is 3. The van der Waals surface area contributed by atoms with Crippen molar-refractivity contribution in [2.75, 3.05) is 5.32 Å². The second-order valence-electron chi connectivity index (χ2n) is 5.39. The van der Waals surface area contributed by atoms with Gasteiger partial charge in [-0.2, -0.15) is 0 Å². The van der Waals surface area contributed by atoms with Crippen LogP contribution in [0.15, 0.2) is 69.6 Å². The molecule has 1 N–H and O–H groups in total. The summed E-state index contributed by atoms with van der Waals surface area (Å²) < 4.78 is 6.49. The van der Waals surface area contributed by atoms with E-state index >= 15 is 0 Å². The Kier molecular flexibility index (Phi) is 3.79. The van der Waals surface area contributed by atoms with Crippen molar-refractivity contribution in [2.24, 2.45) is 0 Å². The first-order chi connectivity index (χ1) is 11.6. The molecule has 1 heterocycles. The van der Waals surface area contributed by atoms with E-state index in [-0.39, 0.29) is 11.7 Å². The van der Waals surface area contributed by atoms with Gasteiger partial charge in [0.15, 0.2) is 5.76 Å². The van der Waals surface area contributed by atoms with E-state index in [1.165, 1.54) is 0 Å². The monoisotopic (exact) mass is 399 g/mol. The summed E-state index contributed by atoms with van der Waals surface area (Å²) in [6, 6.07) is 18.9. The highest BCUT2D eigenvalue weighted by Crippen LogP contribution is 2.29. The van der Waals surface area contributed by atoms with Crippen molar-refractivity contribution in [1.82, 2.24) is 0 Å². The molecule has 3 nitrogen and oxygen atoms in total. The molecule has 1 aromatic heterocycles. The molecule has 4 aromatic rings. The second kappa shape index (κ2) is 5.96. The molecule has 3 aromatic carbocycles. The Morgan fingerprint density at radius 3 is 2.67 bits per heavy atom. The second-order valence-corrected chi connectivity index (χ2v) is 6.65. The molecule has 0 saturated carbocycles. The van der Waals surface area contributed by atoms with Crippen LogP contribution >= 0.6 is 27.5 Å². The van der Waals surface area contributed by atoms with E-state index in [1.54, 1.807) is 24.3 Å². The molecule has 0 radical (unpaired) electrons. The van der Waals surface area contributed by atoms with Crippen molar-refractivity contribution in [2.45, 2.75) is 0 Å². The van der Waals surface area contributed by atoms with Gasteiger partial charge in [-0.15, -0.1) is 0 Å². The fourth-order valence-electron chi connectivity index (χ4n) is 2.67. The van der Waals surface area contributed by atoms with E-state index in [9.17, 15) is 4.79 Å². The number of hydrogen-bond acceptors (Lipinski definition) is 2. The molecule has 0 aliphatic heterocycles. The molecule has 5 heteroatoms. The molecule has 0 aliphatic carbocycles. The van der Waals surface area contributed by atoms with Gasteiger partial charge < -0.3 is 9.73 Å². The average molecular weight is 401 g/mol. The number of carbonyl (C=O) groups excluding carboxylic acids is 1. The number of anilines is 1. The van der Waals surface area contributed by atoms with Gasteiger partial charge >= 0.3 is 0 Å². The number of rotatable bonds is 2. The molecule has 24 heavy (non-hydrogen) atoms. The summed E-state index contributed by atoms with van der Waals surface area (Å²) in [6.07, 6.45) is 0. The van der Waals surface area contributed by atoms with Crippen LogP contribution in [0.1, 0.15) is 10.6 Å². The minimum Gasteiger partial charge on any atom is -0.451 e. The Balaban J connectivity index is 1.71. The van der Waals surface area contributed by atoms with Gasteiger partial charge in [-0.05, 0) is 57.0 Å². The number of hydrogen-bond donors (Lipinski definition) is 1. The van der Waals surface area contributed by atoms with Crippen LogP contribution in [0.3, 0.4) is 0 Å². The molecule has 0 aliphatic rings. The van der Waals surface area contributed by atoms with Crippen LogP contribution in [0.25, 0.3) is 21.7 Å². The predicted octanol–water partition coefficient (Wildman–Crippen LogP) is 6.25. The zero-order valence-electron chi connectivity index (χ0n) is 12.3. The van der Waals surface area contributed by atoms with Crippen LogP contribution < -0.4 is 5.32 Å². The average Bonchev–Trinajstić information content (AvgIpc) is 3.03. The number of amides is 1. The number of nitrogens with one attached hydrogen (secondary N) is 1. The molecule has 0 saturated heterocycles.